The van der Waals surface area contributed by atoms with Gasteiger partial charge in [0.2, 0.25) is 0 Å². The van der Waals surface area contributed by atoms with Crippen molar-refractivity contribution in [1.29, 1.82) is 0 Å². The van der Waals surface area contributed by atoms with Crippen LogP contribution in [0.1, 0.15) is 47.0 Å². The third-order valence-electron chi connectivity index (χ3n) is 5.14. The molecule has 1 aliphatic heterocycles. The van der Waals surface area contributed by atoms with Gasteiger partial charge < -0.3 is 4.74 Å². The Morgan fingerprint density at radius 2 is 1.51 bits per heavy atom. The van der Waals surface area contributed by atoms with Gasteiger partial charge >= 0.3 is 12.1 Å². The first-order valence-corrected chi connectivity index (χ1v) is 11.0. The van der Waals surface area contributed by atoms with Gasteiger partial charge in [-0.2, -0.15) is 13.2 Å². The molecule has 35 heavy (non-hydrogen) atoms. The number of rotatable bonds is 5. The molecular weight excluding hydrogens is 555 g/mol. The molecule has 0 N–H and O–H groups in total. The van der Waals surface area contributed by atoms with Crippen LogP contribution < -0.4 is 4.90 Å². The Morgan fingerprint density at radius 1 is 0.886 bits per heavy atom. The van der Waals surface area contributed by atoms with Crippen molar-refractivity contribution in [2.45, 2.75) is 6.18 Å². The minimum atomic E-state index is -4.72. The minimum absolute atomic E-state index is 0.119. The standard InChI is InChI=1S/C24H12BrClF3NO5/c25-15-5-1-12(2-6-15)20(31)11-35-23(34)13-3-7-16-17(9-13)22(33)30(21(16)32)19-10-14(24(27,28)29)4-8-18(19)26/h1-10H,11H2. The third-order valence-corrected chi connectivity index (χ3v) is 5.99. The van der Waals surface area contributed by atoms with Crippen LogP contribution in [0, 0.1) is 0 Å². The molecule has 0 unspecified atom stereocenters. The molecule has 3 aromatic rings. The molecule has 1 heterocycles. The van der Waals surface area contributed by atoms with Crippen LogP contribution in [0.4, 0.5) is 18.9 Å². The summed E-state index contributed by atoms with van der Waals surface area (Å²) in [6, 6.07) is 12.2. The molecule has 0 radical (unpaired) electrons. The van der Waals surface area contributed by atoms with Crippen LogP contribution in [-0.4, -0.2) is 30.2 Å². The SMILES string of the molecule is O=C(COC(=O)c1ccc2c(c1)C(=O)N(c1cc(C(F)(F)F)ccc1Cl)C2=O)c1ccc(Br)cc1. The zero-order valence-electron chi connectivity index (χ0n) is 17.4. The van der Waals surface area contributed by atoms with Crippen LogP contribution >= 0.6 is 27.5 Å². The molecule has 0 spiro atoms. The number of esters is 1. The summed E-state index contributed by atoms with van der Waals surface area (Å²) in [5.74, 6) is -3.22. The lowest BCUT2D eigenvalue weighted by atomic mass is 10.1. The lowest BCUT2D eigenvalue weighted by molar-refractivity contribution is -0.137. The van der Waals surface area contributed by atoms with Gasteiger partial charge in [0.25, 0.3) is 11.8 Å². The zero-order chi connectivity index (χ0) is 25.5. The zero-order valence-corrected chi connectivity index (χ0v) is 19.7. The topological polar surface area (TPSA) is 80.8 Å². The second-order valence-corrected chi connectivity index (χ2v) is 8.70. The molecule has 6 nitrogen and oxygen atoms in total. The Bertz CT molecular complexity index is 1390. The van der Waals surface area contributed by atoms with Crippen LogP contribution in [0.25, 0.3) is 0 Å². The summed E-state index contributed by atoms with van der Waals surface area (Å²) in [7, 11) is 0. The van der Waals surface area contributed by atoms with E-state index in [1.807, 2.05) is 0 Å². The number of Topliss-reactive ketones (excluding diaryl/α,β-unsaturated/α-hetero) is 1. The number of benzene rings is 3. The van der Waals surface area contributed by atoms with Gasteiger partial charge in [0, 0.05) is 10.0 Å². The molecule has 0 aromatic heterocycles. The van der Waals surface area contributed by atoms with E-state index in [0.29, 0.717) is 16.5 Å². The number of anilines is 1. The smallest absolute Gasteiger partial charge is 0.416 e. The molecule has 0 saturated heterocycles. The summed E-state index contributed by atoms with van der Waals surface area (Å²) in [5.41, 5.74) is -1.65. The first kappa shape index (κ1) is 24.6. The normalized spacial score (nSPS) is 13.1. The fourth-order valence-electron chi connectivity index (χ4n) is 3.38. The fourth-order valence-corrected chi connectivity index (χ4v) is 3.85. The van der Waals surface area contributed by atoms with Crippen molar-refractivity contribution >= 4 is 56.8 Å². The van der Waals surface area contributed by atoms with Crippen LogP contribution in [0.2, 0.25) is 5.02 Å². The molecular formula is C24H12BrClF3NO5. The van der Waals surface area contributed by atoms with E-state index in [9.17, 15) is 32.3 Å². The van der Waals surface area contributed by atoms with Crippen LogP contribution in [-0.2, 0) is 10.9 Å². The van der Waals surface area contributed by atoms with Crippen LogP contribution in [0.15, 0.2) is 65.1 Å². The number of ether oxygens (including phenoxy) is 1. The predicted octanol–water partition coefficient (Wildman–Crippen LogP) is 5.96. The molecule has 0 aliphatic carbocycles. The Hall–Kier alpha value is -3.50. The summed E-state index contributed by atoms with van der Waals surface area (Å²) in [4.78, 5) is 50.9. The number of hydrogen-bond acceptors (Lipinski definition) is 5. The number of fused-ring (bicyclic) bond motifs is 1. The van der Waals surface area contributed by atoms with E-state index in [1.165, 1.54) is 12.1 Å². The van der Waals surface area contributed by atoms with Gasteiger partial charge in [-0.05, 0) is 48.5 Å². The lowest BCUT2D eigenvalue weighted by Gasteiger charge is -2.17. The number of amides is 2. The number of carbonyl (C=O) groups excluding carboxylic acids is 4. The number of ketones is 1. The number of halogens is 5. The monoisotopic (exact) mass is 565 g/mol. The first-order chi connectivity index (χ1) is 16.5. The second kappa shape index (κ2) is 9.27. The Morgan fingerprint density at radius 3 is 2.17 bits per heavy atom. The van der Waals surface area contributed by atoms with Gasteiger partial charge in [0.05, 0.1) is 33.0 Å². The fraction of sp³-hybridized carbons (Fsp3) is 0.0833. The van der Waals surface area contributed by atoms with Crippen molar-refractivity contribution in [3.8, 4) is 0 Å². The minimum Gasteiger partial charge on any atom is -0.454 e. The highest BCUT2D eigenvalue weighted by Gasteiger charge is 2.40. The van der Waals surface area contributed by atoms with E-state index in [-0.39, 0.29) is 21.7 Å². The molecule has 2 amide bonds. The Kier molecular flexibility index (Phi) is 6.52. The molecule has 3 aromatic carbocycles. The highest BCUT2D eigenvalue weighted by atomic mass is 79.9. The van der Waals surface area contributed by atoms with Gasteiger partial charge in [-0.25, -0.2) is 9.69 Å². The highest BCUT2D eigenvalue weighted by Crippen LogP contribution is 2.38. The van der Waals surface area contributed by atoms with E-state index >= 15 is 0 Å². The Labute approximate surface area is 209 Å². The van der Waals surface area contributed by atoms with Gasteiger partial charge in [-0.1, -0.05) is 39.7 Å². The van der Waals surface area contributed by atoms with Gasteiger partial charge in [-0.15, -0.1) is 0 Å². The lowest BCUT2D eigenvalue weighted by Crippen LogP contribution is -2.30. The van der Waals surface area contributed by atoms with Crippen molar-refractivity contribution in [3.05, 3.63) is 98.0 Å². The maximum Gasteiger partial charge on any atom is 0.416 e. The van der Waals surface area contributed by atoms with Crippen molar-refractivity contribution in [3.63, 3.8) is 0 Å². The first-order valence-electron chi connectivity index (χ1n) is 9.83. The van der Waals surface area contributed by atoms with Gasteiger partial charge in [-0.3, -0.25) is 14.4 Å². The molecule has 11 heteroatoms. The van der Waals surface area contributed by atoms with Gasteiger partial charge in [0.15, 0.2) is 12.4 Å². The molecule has 4 rings (SSSR count). The summed E-state index contributed by atoms with van der Waals surface area (Å²) >= 11 is 9.24. The maximum atomic E-state index is 13.1. The van der Waals surface area contributed by atoms with E-state index in [0.717, 1.165) is 22.7 Å². The van der Waals surface area contributed by atoms with Crippen molar-refractivity contribution in [2.75, 3.05) is 11.5 Å². The number of nitrogens with zero attached hydrogens (tertiary/aromatic N) is 1. The average Bonchev–Trinajstić information content (AvgIpc) is 3.06. The van der Waals surface area contributed by atoms with Crippen molar-refractivity contribution in [2.24, 2.45) is 0 Å². The molecule has 178 valence electrons. The van der Waals surface area contributed by atoms with Gasteiger partial charge in [0.1, 0.15) is 0 Å². The number of imide groups is 1. The average molecular weight is 567 g/mol. The summed E-state index contributed by atoms with van der Waals surface area (Å²) in [5, 5.41) is -0.237. The molecule has 0 fully saturated rings. The second-order valence-electron chi connectivity index (χ2n) is 7.38. The maximum absolute atomic E-state index is 13.1. The largest absolute Gasteiger partial charge is 0.454 e. The van der Waals surface area contributed by atoms with Crippen LogP contribution in [0.5, 0.6) is 0 Å². The van der Waals surface area contributed by atoms with E-state index in [4.69, 9.17) is 16.3 Å². The van der Waals surface area contributed by atoms with E-state index in [1.54, 1.807) is 24.3 Å². The number of carbonyl (C=O) groups is 4. The van der Waals surface area contributed by atoms with Crippen molar-refractivity contribution in [1.82, 2.24) is 0 Å². The quantitative estimate of drug-likeness (QED) is 0.216. The highest BCUT2D eigenvalue weighted by molar-refractivity contribution is 9.10. The number of hydrogen-bond donors (Lipinski definition) is 0. The van der Waals surface area contributed by atoms with Crippen molar-refractivity contribution < 1.29 is 37.1 Å². The molecule has 1 aliphatic rings. The Balaban J connectivity index is 1.55. The number of alkyl halides is 3. The van der Waals surface area contributed by atoms with E-state index < -0.39 is 47.6 Å². The summed E-state index contributed by atoms with van der Waals surface area (Å²) < 4.78 is 45.2. The van der Waals surface area contributed by atoms with E-state index in [2.05, 4.69) is 15.9 Å². The summed E-state index contributed by atoms with van der Waals surface area (Å²) in [6.45, 7) is -0.559. The third kappa shape index (κ3) is 4.85. The molecule has 0 saturated carbocycles. The summed E-state index contributed by atoms with van der Waals surface area (Å²) in [6.07, 6.45) is -4.72. The predicted molar refractivity (Wildman–Crippen MR) is 123 cm³/mol. The molecule has 0 atom stereocenters. The van der Waals surface area contributed by atoms with Crippen LogP contribution in [0.3, 0.4) is 0 Å². The molecule has 0 bridgehead atoms.